The average Bonchev–Trinajstić information content (AvgIpc) is 3.43. The first kappa shape index (κ1) is 21.7. The maximum absolute atomic E-state index is 12.8. The van der Waals surface area contributed by atoms with E-state index in [0.29, 0.717) is 24.9 Å². The van der Waals surface area contributed by atoms with Crippen LogP contribution in [0.2, 0.25) is 0 Å². The normalized spacial score (nSPS) is 16.0. The number of carbonyl (C=O) groups is 2. The first-order valence-electron chi connectivity index (χ1n) is 10.6. The highest BCUT2D eigenvalue weighted by atomic mass is 19.3. The molecule has 7 nitrogen and oxygen atoms in total. The Bertz CT molecular complexity index is 1070. The van der Waals surface area contributed by atoms with Gasteiger partial charge < -0.3 is 15.0 Å². The molecule has 0 unspecified atom stereocenters. The third-order valence-electron chi connectivity index (χ3n) is 5.60. The number of fused-ring (bicyclic) bond motifs is 1. The van der Waals surface area contributed by atoms with Gasteiger partial charge in [-0.1, -0.05) is 30.3 Å². The molecule has 0 saturated carbocycles. The molecule has 0 bridgehead atoms. The Labute approximate surface area is 183 Å². The molecule has 0 radical (unpaired) electrons. The Morgan fingerprint density at radius 1 is 1.19 bits per heavy atom. The molecule has 3 N–H and O–H groups in total. The van der Waals surface area contributed by atoms with E-state index >= 15 is 0 Å². The largest absolute Gasteiger partial charge is 0.434 e. The van der Waals surface area contributed by atoms with Crippen LogP contribution in [0.25, 0.3) is 11.0 Å². The molecule has 0 spiro atoms. The van der Waals surface area contributed by atoms with Crippen LogP contribution in [0.5, 0.6) is 5.75 Å². The molecular formula is C23H25F2N4O3+. The van der Waals surface area contributed by atoms with Gasteiger partial charge in [0.25, 0.3) is 5.82 Å². The molecule has 4 rings (SSSR count). The molecule has 2 heterocycles. The van der Waals surface area contributed by atoms with Crippen molar-refractivity contribution in [2.45, 2.75) is 44.9 Å². The molecule has 2 aromatic carbocycles. The Morgan fingerprint density at radius 3 is 2.78 bits per heavy atom. The molecule has 32 heavy (non-hydrogen) atoms. The van der Waals surface area contributed by atoms with E-state index in [1.165, 1.54) is 6.07 Å². The van der Waals surface area contributed by atoms with Gasteiger partial charge in [0.2, 0.25) is 11.8 Å². The number of ether oxygens (including phenoxy) is 1. The average molecular weight is 443 g/mol. The van der Waals surface area contributed by atoms with Crippen molar-refractivity contribution in [1.82, 2.24) is 15.2 Å². The minimum absolute atomic E-state index is 0.0248. The number of amides is 2. The number of rotatable bonds is 8. The van der Waals surface area contributed by atoms with Crippen LogP contribution >= 0.6 is 0 Å². The lowest BCUT2D eigenvalue weighted by Gasteiger charge is -2.24. The Morgan fingerprint density at radius 2 is 1.97 bits per heavy atom. The first-order valence-corrected chi connectivity index (χ1v) is 10.6. The number of hydrogen-bond acceptors (Lipinski definition) is 3. The number of nitrogens with zero attached hydrogens (tertiary/aromatic N) is 1. The fourth-order valence-corrected chi connectivity index (χ4v) is 4.06. The zero-order valence-corrected chi connectivity index (χ0v) is 17.4. The number of H-pyrrole nitrogens is 2. The van der Waals surface area contributed by atoms with E-state index in [4.69, 9.17) is 0 Å². The Balaban J connectivity index is 1.33. The van der Waals surface area contributed by atoms with Crippen molar-refractivity contribution >= 4 is 22.8 Å². The second-order valence-corrected chi connectivity index (χ2v) is 7.72. The molecule has 3 aromatic rings. The van der Waals surface area contributed by atoms with Crippen LogP contribution in [0.3, 0.4) is 0 Å². The topological polar surface area (TPSA) is 88.6 Å². The van der Waals surface area contributed by atoms with Gasteiger partial charge in [-0.25, -0.2) is 9.97 Å². The van der Waals surface area contributed by atoms with Crippen LogP contribution in [-0.4, -0.2) is 40.9 Å². The van der Waals surface area contributed by atoms with Crippen LogP contribution in [0, 0.1) is 0 Å². The summed E-state index contributed by atoms with van der Waals surface area (Å²) < 4.78 is 29.7. The zero-order chi connectivity index (χ0) is 22.5. The second-order valence-electron chi connectivity index (χ2n) is 7.72. The Hall–Kier alpha value is -3.49. The lowest BCUT2D eigenvalue weighted by molar-refractivity contribution is -0.357. The molecule has 168 valence electrons. The number of aromatic amines is 2. The van der Waals surface area contributed by atoms with Gasteiger partial charge in [-0.2, -0.15) is 8.78 Å². The number of carbonyl (C=O) groups excluding carboxylic acids is 2. The third-order valence-corrected chi connectivity index (χ3v) is 5.60. The lowest BCUT2D eigenvalue weighted by Crippen LogP contribution is -2.45. The predicted molar refractivity (Wildman–Crippen MR) is 113 cm³/mol. The third kappa shape index (κ3) is 5.04. The summed E-state index contributed by atoms with van der Waals surface area (Å²) in [5.74, 6) is 0.503. The zero-order valence-electron chi connectivity index (χ0n) is 17.4. The van der Waals surface area contributed by atoms with Gasteiger partial charge in [0.05, 0.1) is 6.42 Å². The smallest absolute Gasteiger partial charge is 0.387 e. The molecule has 1 fully saturated rings. The van der Waals surface area contributed by atoms with Crippen molar-refractivity contribution in [2.24, 2.45) is 0 Å². The van der Waals surface area contributed by atoms with Crippen LogP contribution in [0.15, 0.2) is 48.5 Å². The minimum Gasteiger partial charge on any atom is -0.434 e. The molecule has 1 aliphatic heterocycles. The highest BCUT2D eigenvalue weighted by molar-refractivity contribution is 5.88. The monoisotopic (exact) mass is 443 g/mol. The fraction of sp³-hybridized carbons (Fsp3) is 0.348. The number of nitrogens with one attached hydrogen (secondary N) is 3. The molecular weight excluding hydrogens is 418 g/mol. The molecule has 1 atom stereocenters. The van der Waals surface area contributed by atoms with Crippen LogP contribution < -0.4 is 15.0 Å². The van der Waals surface area contributed by atoms with Gasteiger partial charge in [0.15, 0.2) is 11.0 Å². The summed E-state index contributed by atoms with van der Waals surface area (Å²) in [5, 5.41) is 2.76. The second kappa shape index (κ2) is 9.76. The van der Waals surface area contributed by atoms with E-state index in [-0.39, 0.29) is 30.5 Å². The molecule has 1 saturated heterocycles. The summed E-state index contributed by atoms with van der Waals surface area (Å²) in [6, 6.07) is 13.6. The number of aromatic nitrogens is 2. The summed E-state index contributed by atoms with van der Waals surface area (Å²) in [6.45, 7) is -2.37. The number of aryl methyl sites for hydroxylation is 1. The van der Waals surface area contributed by atoms with Crippen molar-refractivity contribution in [2.75, 3.05) is 6.54 Å². The van der Waals surface area contributed by atoms with Crippen molar-refractivity contribution in [3.05, 3.63) is 59.9 Å². The number of para-hydroxylation sites is 3. The van der Waals surface area contributed by atoms with Crippen LogP contribution in [0.1, 0.15) is 30.7 Å². The summed E-state index contributed by atoms with van der Waals surface area (Å²) >= 11 is 0. The molecule has 0 aliphatic carbocycles. The standard InChI is InChI=1S/C23H24F2N4O3/c24-23(25)32-19-10-4-1-6-15(19)14-26-22(31)18-9-5-13-29(18)21(30)12-11-20-27-16-7-2-3-8-17(16)28-20/h1-4,6-8,10,18,23H,5,9,11-14H2,(H,26,31)(H,27,28)/p+1/t18-/m0/s1. The number of likely N-dealkylation sites (tertiary alicyclic amines) is 1. The van der Waals surface area contributed by atoms with E-state index in [2.05, 4.69) is 20.0 Å². The quantitative estimate of drug-likeness (QED) is 0.561. The van der Waals surface area contributed by atoms with Crippen molar-refractivity contribution in [3.8, 4) is 5.75 Å². The van der Waals surface area contributed by atoms with E-state index in [1.807, 2.05) is 24.3 Å². The van der Waals surface area contributed by atoms with Gasteiger partial charge in [0.1, 0.15) is 11.8 Å². The van der Waals surface area contributed by atoms with Crippen LogP contribution in [0.4, 0.5) is 8.78 Å². The van der Waals surface area contributed by atoms with Gasteiger partial charge in [0, 0.05) is 25.1 Å². The van der Waals surface area contributed by atoms with Crippen LogP contribution in [-0.2, 0) is 22.6 Å². The molecule has 1 aromatic heterocycles. The summed E-state index contributed by atoms with van der Waals surface area (Å²) in [5.41, 5.74) is 2.40. The number of alkyl halides is 2. The van der Waals surface area contributed by atoms with E-state index in [1.54, 1.807) is 23.1 Å². The predicted octanol–water partition coefficient (Wildman–Crippen LogP) is 2.82. The fourth-order valence-electron chi connectivity index (χ4n) is 4.06. The first-order chi connectivity index (χ1) is 15.5. The molecule has 1 aliphatic rings. The number of benzene rings is 2. The van der Waals surface area contributed by atoms with Crippen molar-refractivity contribution in [1.29, 1.82) is 0 Å². The van der Waals surface area contributed by atoms with E-state index in [0.717, 1.165) is 23.3 Å². The molecule has 9 heteroatoms. The maximum Gasteiger partial charge on any atom is 0.387 e. The van der Waals surface area contributed by atoms with Crippen molar-refractivity contribution in [3.63, 3.8) is 0 Å². The van der Waals surface area contributed by atoms with Gasteiger partial charge in [-0.3, -0.25) is 9.59 Å². The minimum atomic E-state index is -2.94. The van der Waals surface area contributed by atoms with E-state index in [9.17, 15) is 18.4 Å². The highest BCUT2D eigenvalue weighted by Crippen LogP contribution is 2.22. The Kier molecular flexibility index (Phi) is 6.63. The van der Waals surface area contributed by atoms with Gasteiger partial charge in [-0.15, -0.1) is 0 Å². The van der Waals surface area contributed by atoms with Gasteiger partial charge in [-0.05, 0) is 31.0 Å². The van der Waals surface area contributed by atoms with E-state index < -0.39 is 12.7 Å². The summed E-state index contributed by atoms with van der Waals surface area (Å²) in [4.78, 5) is 33.7. The summed E-state index contributed by atoms with van der Waals surface area (Å²) in [6.07, 6.45) is 2.10. The number of halogens is 2. The number of imidazole rings is 1. The van der Waals surface area contributed by atoms with Gasteiger partial charge >= 0.3 is 6.61 Å². The maximum atomic E-state index is 12.8. The molecule has 2 amide bonds. The summed E-state index contributed by atoms with van der Waals surface area (Å²) in [7, 11) is 0. The SMILES string of the molecule is O=C(NCc1ccccc1OC(F)F)[C@@H]1CCCN1C(=O)CCc1[nH]c2ccccc2[nH+]1. The highest BCUT2D eigenvalue weighted by Gasteiger charge is 2.34. The number of hydrogen-bond donors (Lipinski definition) is 2. The van der Waals surface area contributed by atoms with Crippen molar-refractivity contribution < 1.29 is 28.1 Å². The lowest BCUT2D eigenvalue weighted by atomic mass is 10.1.